The first kappa shape index (κ1) is 10.2. The van der Waals surface area contributed by atoms with E-state index in [1.807, 2.05) is 0 Å². The van der Waals surface area contributed by atoms with Gasteiger partial charge < -0.3 is 0 Å². The molecular formula is C14H17N. The Kier molecular flexibility index (Phi) is 2.52. The Balaban J connectivity index is 2.28. The zero-order chi connectivity index (χ0) is 10.9. The average Bonchev–Trinajstić information content (AvgIpc) is 2.15. The quantitative estimate of drug-likeness (QED) is 0.714. The van der Waals surface area contributed by atoms with Gasteiger partial charge in [0.1, 0.15) is 0 Å². The van der Waals surface area contributed by atoms with E-state index in [1.54, 1.807) is 0 Å². The summed E-state index contributed by atoms with van der Waals surface area (Å²) in [4.78, 5) is 0. The molecule has 15 heavy (non-hydrogen) atoms. The van der Waals surface area contributed by atoms with Gasteiger partial charge in [-0.3, -0.25) is 0 Å². The van der Waals surface area contributed by atoms with Crippen molar-refractivity contribution < 1.29 is 0 Å². The normalized spacial score (nSPS) is 17.9. The van der Waals surface area contributed by atoms with Crippen LogP contribution in [0.2, 0.25) is 0 Å². The number of benzene rings is 1. The molecule has 0 bridgehead atoms. The molecule has 0 amide bonds. The minimum absolute atomic E-state index is 0.0448. The fourth-order valence-corrected chi connectivity index (χ4v) is 2.40. The molecule has 2 rings (SSSR count). The van der Waals surface area contributed by atoms with Gasteiger partial charge in [0.15, 0.2) is 0 Å². The van der Waals surface area contributed by atoms with E-state index in [0.717, 1.165) is 19.3 Å². The molecule has 1 heteroatoms. The minimum atomic E-state index is -0.0448. The summed E-state index contributed by atoms with van der Waals surface area (Å²) in [5, 5.41) is 9.23. The molecule has 78 valence electrons. The molecule has 0 N–H and O–H groups in total. The standard InChI is InChI=1S/C14H17N/c1-11-5-3-6-12(2)13(11)9-14(10-15)7-4-8-14/h3,5-6H,4,7-9H2,1-2H3. The van der Waals surface area contributed by atoms with Crippen LogP contribution in [0.3, 0.4) is 0 Å². The van der Waals surface area contributed by atoms with Crippen LogP contribution in [0.15, 0.2) is 18.2 Å². The third kappa shape index (κ3) is 1.77. The van der Waals surface area contributed by atoms with Crippen LogP contribution in [0, 0.1) is 30.6 Å². The zero-order valence-electron chi connectivity index (χ0n) is 9.51. The molecule has 0 heterocycles. The Morgan fingerprint density at radius 2 is 1.87 bits per heavy atom. The maximum absolute atomic E-state index is 9.23. The summed E-state index contributed by atoms with van der Waals surface area (Å²) in [6.45, 7) is 4.29. The van der Waals surface area contributed by atoms with Crippen molar-refractivity contribution in [3.63, 3.8) is 0 Å². The molecule has 1 aliphatic rings. The maximum Gasteiger partial charge on any atom is 0.0693 e. The predicted octanol–water partition coefficient (Wildman–Crippen LogP) is 3.54. The van der Waals surface area contributed by atoms with Crippen molar-refractivity contribution in [3.8, 4) is 6.07 Å². The van der Waals surface area contributed by atoms with Crippen LogP contribution in [0.5, 0.6) is 0 Å². The number of hydrogen-bond acceptors (Lipinski definition) is 1. The van der Waals surface area contributed by atoms with Crippen LogP contribution < -0.4 is 0 Å². The first-order valence-electron chi connectivity index (χ1n) is 5.63. The summed E-state index contributed by atoms with van der Waals surface area (Å²) in [7, 11) is 0. The van der Waals surface area contributed by atoms with Crippen molar-refractivity contribution in [2.45, 2.75) is 39.5 Å². The van der Waals surface area contributed by atoms with Crippen molar-refractivity contribution in [2.75, 3.05) is 0 Å². The first-order chi connectivity index (χ1) is 7.17. The van der Waals surface area contributed by atoms with Crippen LogP contribution in [-0.4, -0.2) is 0 Å². The topological polar surface area (TPSA) is 23.8 Å². The van der Waals surface area contributed by atoms with Crippen molar-refractivity contribution in [3.05, 3.63) is 34.9 Å². The van der Waals surface area contributed by atoms with Gasteiger partial charge in [0, 0.05) is 0 Å². The van der Waals surface area contributed by atoms with Crippen molar-refractivity contribution >= 4 is 0 Å². The highest BCUT2D eigenvalue weighted by molar-refractivity contribution is 5.35. The van der Waals surface area contributed by atoms with E-state index >= 15 is 0 Å². The second-order valence-electron chi connectivity index (χ2n) is 4.79. The van der Waals surface area contributed by atoms with E-state index in [2.05, 4.69) is 38.1 Å². The molecule has 1 aromatic rings. The number of nitriles is 1. The average molecular weight is 199 g/mol. The summed E-state index contributed by atoms with van der Waals surface area (Å²) < 4.78 is 0. The summed E-state index contributed by atoms with van der Waals surface area (Å²) in [6, 6.07) is 8.90. The molecule has 0 aliphatic heterocycles. The highest BCUT2D eigenvalue weighted by atomic mass is 14.4. The van der Waals surface area contributed by atoms with Gasteiger partial charge in [0.2, 0.25) is 0 Å². The van der Waals surface area contributed by atoms with Gasteiger partial charge in [0.05, 0.1) is 11.5 Å². The Morgan fingerprint density at radius 3 is 2.27 bits per heavy atom. The van der Waals surface area contributed by atoms with Crippen LogP contribution in [0.25, 0.3) is 0 Å². The van der Waals surface area contributed by atoms with Gasteiger partial charge in [-0.05, 0) is 49.8 Å². The Hall–Kier alpha value is -1.29. The number of nitrogens with zero attached hydrogens (tertiary/aromatic N) is 1. The van der Waals surface area contributed by atoms with Gasteiger partial charge >= 0.3 is 0 Å². The van der Waals surface area contributed by atoms with Crippen molar-refractivity contribution in [2.24, 2.45) is 5.41 Å². The summed E-state index contributed by atoms with van der Waals surface area (Å²) in [5.41, 5.74) is 4.00. The van der Waals surface area contributed by atoms with Crippen LogP contribution >= 0.6 is 0 Å². The van der Waals surface area contributed by atoms with E-state index in [0.29, 0.717) is 0 Å². The molecule has 1 aromatic carbocycles. The van der Waals surface area contributed by atoms with Crippen LogP contribution in [-0.2, 0) is 6.42 Å². The van der Waals surface area contributed by atoms with Gasteiger partial charge in [-0.2, -0.15) is 5.26 Å². The molecule has 1 saturated carbocycles. The lowest BCUT2D eigenvalue weighted by Crippen LogP contribution is -2.30. The Labute approximate surface area is 91.7 Å². The van der Waals surface area contributed by atoms with Crippen LogP contribution in [0.1, 0.15) is 36.0 Å². The lowest BCUT2D eigenvalue weighted by molar-refractivity contribution is 0.213. The Morgan fingerprint density at radius 1 is 1.27 bits per heavy atom. The van der Waals surface area contributed by atoms with E-state index in [1.165, 1.54) is 23.1 Å². The first-order valence-corrected chi connectivity index (χ1v) is 5.63. The lowest BCUT2D eigenvalue weighted by Gasteiger charge is -2.36. The van der Waals surface area contributed by atoms with E-state index in [9.17, 15) is 5.26 Å². The third-order valence-corrected chi connectivity index (χ3v) is 3.71. The SMILES string of the molecule is Cc1cccc(C)c1CC1(C#N)CCC1. The number of rotatable bonds is 2. The van der Waals surface area contributed by atoms with Gasteiger partial charge in [-0.25, -0.2) is 0 Å². The molecule has 1 fully saturated rings. The van der Waals surface area contributed by atoms with E-state index in [4.69, 9.17) is 0 Å². The molecule has 0 radical (unpaired) electrons. The summed E-state index contributed by atoms with van der Waals surface area (Å²) in [5.74, 6) is 0. The van der Waals surface area contributed by atoms with E-state index < -0.39 is 0 Å². The monoisotopic (exact) mass is 199 g/mol. The maximum atomic E-state index is 9.23. The highest BCUT2D eigenvalue weighted by Crippen LogP contribution is 2.43. The van der Waals surface area contributed by atoms with E-state index in [-0.39, 0.29) is 5.41 Å². The zero-order valence-corrected chi connectivity index (χ0v) is 9.51. The molecule has 1 nitrogen and oxygen atoms in total. The molecular weight excluding hydrogens is 182 g/mol. The Bertz CT molecular complexity index is 388. The number of aryl methyl sites for hydroxylation is 2. The van der Waals surface area contributed by atoms with Crippen molar-refractivity contribution in [1.82, 2.24) is 0 Å². The second-order valence-corrected chi connectivity index (χ2v) is 4.79. The molecule has 0 spiro atoms. The highest BCUT2D eigenvalue weighted by Gasteiger charge is 2.37. The molecule has 0 unspecified atom stereocenters. The molecule has 0 atom stereocenters. The van der Waals surface area contributed by atoms with Crippen molar-refractivity contribution in [1.29, 1.82) is 5.26 Å². The third-order valence-electron chi connectivity index (χ3n) is 3.71. The number of hydrogen-bond donors (Lipinski definition) is 0. The summed E-state index contributed by atoms with van der Waals surface area (Å²) >= 11 is 0. The smallest absolute Gasteiger partial charge is 0.0693 e. The fourth-order valence-electron chi connectivity index (χ4n) is 2.40. The molecule has 1 aliphatic carbocycles. The van der Waals surface area contributed by atoms with Gasteiger partial charge in [0.25, 0.3) is 0 Å². The molecule has 0 saturated heterocycles. The second kappa shape index (κ2) is 3.70. The fraction of sp³-hybridized carbons (Fsp3) is 0.500. The van der Waals surface area contributed by atoms with Gasteiger partial charge in [-0.15, -0.1) is 0 Å². The van der Waals surface area contributed by atoms with Gasteiger partial charge in [-0.1, -0.05) is 24.6 Å². The lowest BCUT2D eigenvalue weighted by atomic mass is 9.66. The summed E-state index contributed by atoms with van der Waals surface area (Å²) in [6.07, 6.45) is 4.33. The van der Waals surface area contributed by atoms with Crippen LogP contribution in [0.4, 0.5) is 0 Å². The predicted molar refractivity (Wildman–Crippen MR) is 61.5 cm³/mol. The largest absolute Gasteiger partial charge is 0.198 e. The minimum Gasteiger partial charge on any atom is -0.198 e. The molecule has 0 aromatic heterocycles.